The fourth-order valence-corrected chi connectivity index (χ4v) is 4.56. The van der Waals surface area contributed by atoms with Gasteiger partial charge in [0.05, 0.1) is 5.69 Å². The van der Waals surface area contributed by atoms with E-state index < -0.39 is 0 Å². The first-order valence-electron chi connectivity index (χ1n) is 9.39. The molecule has 1 aliphatic rings. The summed E-state index contributed by atoms with van der Waals surface area (Å²) >= 11 is 1.35. The lowest BCUT2D eigenvalue weighted by atomic mass is 10.1. The van der Waals surface area contributed by atoms with Crippen LogP contribution in [0.2, 0.25) is 0 Å². The molecule has 0 unspecified atom stereocenters. The fourth-order valence-electron chi connectivity index (χ4n) is 3.51. The Morgan fingerprint density at radius 1 is 1.19 bits per heavy atom. The van der Waals surface area contributed by atoms with E-state index in [2.05, 4.69) is 39.5 Å². The number of amides is 1. The van der Waals surface area contributed by atoms with Crippen LogP contribution in [0.25, 0.3) is 10.2 Å². The van der Waals surface area contributed by atoms with Gasteiger partial charge in [0.1, 0.15) is 9.71 Å². The van der Waals surface area contributed by atoms with Crippen LogP contribution in [0.4, 0.5) is 11.4 Å². The number of anilines is 2. The van der Waals surface area contributed by atoms with Crippen molar-refractivity contribution in [2.45, 2.75) is 26.2 Å². The van der Waals surface area contributed by atoms with Crippen molar-refractivity contribution in [3.05, 3.63) is 52.5 Å². The minimum Gasteiger partial charge on any atom is -0.397 e. The van der Waals surface area contributed by atoms with E-state index in [9.17, 15) is 4.79 Å². The van der Waals surface area contributed by atoms with Crippen LogP contribution in [-0.2, 0) is 6.42 Å². The first kappa shape index (κ1) is 17.8. The average molecular weight is 381 g/mol. The van der Waals surface area contributed by atoms with Crippen LogP contribution in [0.15, 0.2) is 36.4 Å². The zero-order valence-electron chi connectivity index (χ0n) is 15.5. The predicted molar refractivity (Wildman–Crippen MR) is 113 cm³/mol. The van der Waals surface area contributed by atoms with Gasteiger partial charge in [-0.05, 0) is 56.0 Å². The Labute approximate surface area is 163 Å². The molecule has 6 heteroatoms. The van der Waals surface area contributed by atoms with Crippen molar-refractivity contribution in [1.29, 1.82) is 0 Å². The SMILES string of the molecule is Cc1ccc2c(N)c(C(=O)NCCc3ccc(N4CCCC4)cc3)sc2n1. The molecule has 1 saturated heterocycles. The quantitative estimate of drug-likeness (QED) is 0.707. The molecule has 3 aromatic rings. The molecule has 3 N–H and O–H groups in total. The minimum absolute atomic E-state index is 0.123. The van der Waals surface area contributed by atoms with Crippen molar-refractivity contribution in [3.63, 3.8) is 0 Å². The summed E-state index contributed by atoms with van der Waals surface area (Å²) in [5.74, 6) is -0.123. The van der Waals surface area contributed by atoms with Crippen molar-refractivity contribution in [3.8, 4) is 0 Å². The van der Waals surface area contributed by atoms with Crippen molar-refractivity contribution in [1.82, 2.24) is 10.3 Å². The van der Waals surface area contributed by atoms with Crippen molar-refractivity contribution in [2.24, 2.45) is 0 Å². The number of nitrogens with one attached hydrogen (secondary N) is 1. The van der Waals surface area contributed by atoms with E-state index in [0.29, 0.717) is 17.1 Å². The van der Waals surface area contributed by atoms with E-state index >= 15 is 0 Å². The highest BCUT2D eigenvalue weighted by Gasteiger charge is 2.17. The molecule has 2 aromatic heterocycles. The summed E-state index contributed by atoms with van der Waals surface area (Å²) in [6, 6.07) is 12.5. The first-order chi connectivity index (χ1) is 13.1. The van der Waals surface area contributed by atoms with Crippen LogP contribution < -0.4 is 16.0 Å². The smallest absolute Gasteiger partial charge is 0.263 e. The number of fused-ring (bicyclic) bond motifs is 1. The average Bonchev–Trinajstić information content (AvgIpc) is 3.31. The Morgan fingerprint density at radius 2 is 1.93 bits per heavy atom. The number of hydrogen-bond donors (Lipinski definition) is 2. The molecule has 0 saturated carbocycles. The van der Waals surface area contributed by atoms with E-state index in [1.165, 1.54) is 35.4 Å². The fraction of sp³-hybridized carbons (Fsp3) is 0.333. The monoisotopic (exact) mass is 380 g/mol. The van der Waals surface area contributed by atoms with Gasteiger partial charge in [-0.25, -0.2) is 4.98 Å². The maximum absolute atomic E-state index is 12.5. The number of carbonyl (C=O) groups is 1. The first-order valence-corrected chi connectivity index (χ1v) is 10.2. The third kappa shape index (κ3) is 3.76. The molecule has 1 aromatic carbocycles. The summed E-state index contributed by atoms with van der Waals surface area (Å²) in [5.41, 5.74) is 10.1. The van der Waals surface area contributed by atoms with Crippen LogP contribution in [0.5, 0.6) is 0 Å². The largest absolute Gasteiger partial charge is 0.397 e. The lowest BCUT2D eigenvalue weighted by molar-refractivity contribution is 0.0959. The maximum Gasteiger partial charge on any atom is 0.263 e. The van der Waals surface area contributed by atoms with Crippen molar-refractivity contribution < 1.29 is 4.79 Å². The molecule has 5 nitrogen and oxygen atoms in total. The molecule has 1 fully saturated rings. The molecule has 1 aliphatic heterocycles. The van der Waals surface area contributed by atoms with Crippen LogP contribution in [0.1, 0.15) is 33.8 Å². The molecule has 0 atom stereocenters. The highest BCUT2D eigenvalue weighted by atomic mass is 32.1. The molecule has 0 spiro atoms. The van der Waals surface area contributed by atoms with Gasteiger partial charge in [0.15, 0.2) is 0 Å². The lowest BCUT2D eigenvalue weighted by Crippen LogP contribution is -2.25. The maximum atomic E-state index is 12.5. The van der Waals surface area contributed by atoms with Crippen LogP contribution in [-0.4, -0.2) is 30.5 Å². The van der Waals surface area contributed by atoms with Crippen molar-refractivity contribution in [2.75, 3.05) is 30.3 Å². The number of pyridine rings is 1. The van der Waals surface area contributed by atoms with Gasteiger partial charge < -0.3 is 16.0 Å². The number of hydrogen-bond acceptors (Lipinski definition) is 5. The molecule has 27 heavy (non-hydrogen) atoms. The molecule has 3 heterocycles. The Morgan fingerprint density at radius 3 is 2.67 bits per heavy atom. The van der Waals surface area contributed by atoms with E-state index in [4.69, 9.17) is 5.73 Å². The molecule has 0 bridgehead atoms. The Balaban J connectivity index is 1.36. The number of nitrogens with zero attached hydrogens (tertiary/aromatic N) is 2. The van der Waals surface area contributed by atoms with Gasteiger partial charge in [0.2, 0.25) is 0 Å². The van der Waals surface area contributed by atoms with Crippen LogP contribution in [0, 0.1) is 6.92 Å². The molecular formula is C21H24N4OS. The Hall–Kier alpha value is -2.60. The lowest BCUT2D eigenvalue weighted by Gasteiger charge is -2.17. The molecule has 0 aliphatic carbocycles. The molecular weight excluding hydrogens is 356 g/mol. The van der Waals surface area contributed by atoms with Gasteiger partial charge in [-0.15, -0.1) is 11.3 Å². The Kier molecular flexibility index (Phi) is 4.99. The topological polar surface area (TPSA) is 71.2 Å². The minimum atomic E-state index is -0.123. The van der Waals surface area contributed by atoms with Gasteiger partial charge in [-0.1, -0.05) is 12.1 Å². The summed E-state index contributed by atoms with van der Waals surface area (Å²) in [4.78, 5) is 20.8. The number of aromatic nitrogens is 1. The molecule has 4 rings (SSSR count). The van der Waals surface area contributed by atoms with Gasteiger partial charge in [0, 0.05) is 36.4 Å². The predicted octanol–water partition coefficient (Wildman–Crippen LogP) is 3.76. The van der Waals surface area contributed by atoms with E-state index in [0.717, 1.165) is 35.4 Å². The second-order valence-corrected chi connectivity index (χ2v) is 8.02. The second-order valence-electron chi connectivity index (χ2n) is 7.02. The third-order valence-electron chi connectivity index (χ3n) is 5.05. The number of benzene rings is 1. The summed E-state index contributed by atoms with van der Waals surface area (Å²) in [6.07, 6.45) is 3.36. The van der Waals surface area contributed by atoms with E-state index in [1.807, 2.05) is 19.1 Å². The zero-order chi connectivity index (χ0) is 18.8. The number of nitrogens with two attached hydrogens (primary N) is 1. The summed E-state index contributed by atoms with van der Waals surface area (Å²) in [6.45, 7) is 4.83. The third-order valence-corrected chi connectivity index (χ3v) is 6.16. The zero-order valence-corrected chi connectivity index (χ0v) is 16.3. The second kappa shape index (κ2) is 7.56. The standard InChI is InChI=1S/C21H24N4OS/c1-14-4-9-17-18(22)19(27-21(17)24-14)20(26)23-11-10-15-5-7-16(8-6-15)25-12-2-3-13-25/h4-9H,2-3,10-13,22H2,1H3,(H,23,26). The number of thiophene rings is 1. The summed E-state index contributed by atoms with van der Waals surface area (Å²) in [5, 5.41) is 3.84. The molecule has 140 valence electrons. The van der Waals surface area contributed by atoms with E-state index in [1.54, 1.807) is 0 Å². The highest BCUT2D eigenvalue weighted by Crippen LogP contribution is 2.32. The van der Waals surface area contributed by atoms with Gasteiger partial charge >= 0.3 is 0 Å². The van der Waals surface area contributed by atoms with Gasteiger partial charge in [-0.3, -0.25) is 4.79 Å². The molecule has 1 amide bonds. The van der Waals surface area contributed by atoms with Crippen LogP contribution in [0.3, 0.4) is 0 Å². The number of nitrogen functional groups attached to an aromatic ring is 1. The van der Waals surface area contributed by atoms with Crippen molar-refractivity contribution >= 4 is 38.8 Å². The number of rotatable bonds is 5. The highest BCUT2D eigenvalue weighted by molar-refractivity contribution is 7.21. The Bertz CT molecular complexity index is 958. The van der Waals surface area contributed by atoms with E-state index in [-0.39, 0.29) is 5.91 Å². The summed E-state index contributed by atoms with van der Waals surface area (Å²) in [7, 11) is 0. The van der Waals surface area contributed by atoms with Gasteiger partial charge in [-0.2, -0.15) is 0 Å². The molecule has 0 radical (unpaired) electrons. The summed E-state index contributed by atoms with van der Waals surface area (Å²) < 4.78 is 0. The number of carbonyl (C=O) groups excluding carboxylic acids is 1. The van der Waals surface area contributed by atoms with Gasteiger partial charge in [0.25, 0.3) is 5.91 Å². The normalized spacial score (nSPS) is 14.0. The van der Waals surface area contributed by atoms with Crippen LogP contribution >= 0.6 is 11.3 Å². The number of aryl methyl sites for hydroxylation is 1.